The van der Waals surface area contributed by atoms with Gasteiger partial charge in [-0.1, -0.05) is 6.07 Å². The summed E-state index contributed by atoms with van der Waals surface area (Å²) in [6.45, 7) is 4.25. The third-order valence-corrected chi connectivity index (χ3v) is 6.66. The molecule has 150 valence electrons. The standard InChI is InChI=1S/C20H24N2O5S/c1-14(23)19-13-17(27-15(19)2)8-9-20(24)21-16-6-5-7-18(12-16)28(25,26)22-10-3-4-11-22/h5-7,12-13H,3-4,8-11H2,1-2H3,(H,21,24). The minimum absolute atomic E-state index is 0.0759. The van der Waals surface area contributed by atoms with Crippen LogP contribution in [0.2, 0.25) is 0 Å². The van der Waals surface area contributed by atoms with Crippen molar-refractivity contribution in [3.8, 4) is 0 Å². The lowest BCUT2D eigenvalue weighted by Gasteiger charge is -2.16. The van der Waals surface area contributed by atoms with Gasteiger partial charge in [0.2, 0.25) is 15.9 Å². The van der Waals surface area contributed by atoms with E-state index in [2.05, 4.69) is 5.32 Å². The number of carbonyl (C=O) groups is 2. The molecule has 28 heavy (non-hydrogen) atoms. The Morgan fingerprint density at radius 3 is 2.54 bits per heavy atom. The fourth-order valence-corrected chi connectivity index (χ4v) is 4.85. The highest BCUT2D eigenvalue weighted by molar-refractivity contribution is 7.89. The molecule has 0 spiro atoms. The zero-order valence-electron chi connectivity index (χ0n) is 16.0. The molecule has 1 N–H and O–H groups in total. The topological polar surface area (TPSA) is 96.7 Å². The quantitative estimate of drug-likeness (QED) is 0.715. The van der Waals surface area contributed by atoms with Crippen LogP contribution in [-0.4, -0.2) is 37.5 Å². The molecule has 7 nitrogen and oxygen atoms in total. The number of anilines is 1. The van der Waals surface area contributed by atoms with E-state index < -0.39 is 10.0 Å². The van der Waals surface area contributed by atoms with Crippen LogP contribution in [-0.2, 0) is 21.2 Å². The van der Waals surface area contributed by atoms with Crippen LogP contribution in [0, 0.1) is 6.92 Å². The Labute approximate surface area is 164 Å². The number of ketones is 1. The van der Waals surface area contributed by atoms with Crippen molar-refractivity contribution >= 4 is 27.4 Å². The van der Waals surface area contributed by atoms with Gasteiger partial charge in [0.15, 0.2) is 5.78 Å². The molecular weight excluding hydrogens is 380 g/mol. The summed E-state index contributed by atoms with van der Waals surface area (Å²) in [5.41, 5.74) is 0.959. The molecule has 1 amide bonds. The Morgan fingerprint density at radius 1 is 1.18 bits per heavy atom. The van der Waals surface area contributed by atoms with Gasteiger partial charge in [0, 0.05) is 31.6 Å². The van der Waals surface area contributed by atoms with Crippen LogP contribution in [0.4, 0.5) is 5.69 Å². The molecule has 1 aromatic carbocycles. The van der Waals surface area contributed by atoms with Gasteiger partial charge in [-0.3, -0.25) is 9.59 Å². The second-order valence-electron chi connectivity index (χ2n) is 6.93. The summed E-state index contributed by atoms with van der Waals surface area (Å²) in [5, 5.41) is 2.73. The molecule has 1 aliphatic rings. The molecule has 8 heteroatoms. The summed E-state index contributed by atoms with van der Waals surface area (Å²) >= 11 is 0. The Morgan fingerprint density at radius 2 is 1.89 bits per heavy atom. The molecule has 0 radical (unpaired) electrons. The maximum atomic E-state index is 12.6. The minimum Gasteiger partial charge on any atom is -0.466 e. The maximum Gasteiger partial charge on any atom is 0.243 e. The fraction of sp³-hybridized carbons (Fsp3) is 0.400. The molecule has 2 heterocycles. The first-order valence-electron chi connectivity index (χ1n) is 9.27. The van der Waals surface area contributed by atoms with Crippen molar-refractivity contribution in [2.24, 2.45) is 0 Å². The molecule has 1 aliphatic heterocycles. The number of sulfonamides is 1. The monoisotopic (exact) mass is 404 g/mol. The van der Waals surface area contributed by atoms with Gasteiger partial charge in [0.1, 0.15) is 11.5 Å². The summed E-state index contributed by atoms with van der Waals surface area (Å²) in [5.74, 6) is 0.785. The van der Waals surface area contributed by atoms with E-state index in [1.807, 2.05) is 0 Å². The molecular formula is C20H24N2O5S. The van der Waals surface area contributed by atoms with Gasteiger partial charge >= 0.3 is 0 Å². The highest BCUT2D eigenvalue weighted by Gasteiger charge is 2.27. The molecule has 1 fully saturated rings. The molecule has 2 aromatic rings. The average molecular weight is 404 g/mol. The Bertz CT molecular complexity index is 988. The summed E-state index contributed by atoms with van der Waals surface area (Å²) in [6.07, 6.45) is 2.25. The molecule has 0 atom stereocenters. The van der Waals surface area contributed by atoms with Crippen molar-refractivity contribution in [2.45, 2.75) is 44.4 Å². The summed E-state index contributed by atoms with van der Waals surface area (Å²) in [7, 11) is -3.53. The first kappa shape index (κ1) is 20.3. The Hall–Kier alpha value is -2.45. The van der Waals surface area contributed by atoms with E-state index in [4.69, 9.17) is 4.42 Å². The first-order valence-corrected chi connectivity index (χ1v) is 10.7. The third-order valence-electron chi connectivity index (χ3n) is 4.77. The number of amides is 1. The smallest absolute Gasteiger partial charge is 0.243 e. The number of hydrogen-bond acceptors (Lipinski definition) is 5. The predicted molar refractivity (Wildman–Crippen MR) is 105 cm³/mol. The van der Waals surface area contributed by atoms with E-state index in [1.165, 1.54) is 23.4 Å². The minimum atomic E-state index is -3.53. The molecule has 1 saturated heterocycles. The SMILES string of the molecule is CC(=O)c1cc(CCC(=O)Nc2cccc(S(=O)(=O)N3CCCC3)c2)oc1C. The Kier molecular flexibility index (Phi) is 6.00. The van der Waals surface area contributed by atoms with Crippen LogP contribution >= 0.6 is 0 Å². The van der Waals surface area contributed by atoms with Gasteiger partial charge in [-0.25, -0.2) is 8.42 Å². The second kappa shape index (κ2) is 8.28. The summed E-state index contributed by atoms with van der Waals surface area (Å²) < 4.78 is 32.3. The van der Waals surface area contributed by atoms with Crippen molar-refractivity contribution in [2.75, 3.05) is 18.4 Å². The second-order valence-corrected chi connectivity index (χ2v) is 8.86. The number of nitrogens with zero attached hydrogens (tertiary/aromatic N) is 1. The molecule has 0 saturated carbocycles. The van der Waals surface area contributed by atoms with E-state index in [1.54, 1.807) is 25.1 Å². The zero-order chi connectivity index (χ0) is 20.3. The summed E-state index contributed by atoms with van der Waals surface area (Å²) in [4.78, 5) is 23.9. The Balaban J connectivity index is 1.63. The van der Waals surface area contributed by atoms with E-state index >= 15 is 0 Å². The number of furan rings is 1. The van der Waals surface area contributed by atoms with Crippen molar-refractivity contribution in [3.63, 3.8) is 0 Å². The average Bonchev–Trinajstić information content (AvgIpc) is 3.30. The van der Waals surface area contributed by atoms with Crippen molar-refractivity contribution in [1.29, 1.82) is 0 Å². The molecule has 1 aromatic heterocycles. The zero-order valence-corrected chi connectivity index (χ0v) is 16.8. The lowest BCUT2D eigenvalue weighted by molar-refractivity contribution is -0.116. The largest absolute Gasteiger partial charge is 0.466 e. The lowest BCUT2D eigenvalue weighted by atomic mass is 10.1. The lowest BCUT2D eigenvalue weighted by Crippen LogP contribution is -2.27. The van der Waals surface area contributed by atoms with Crippen LogP contribution in [0.3, 0.4) is 0 Å². The highest BCUT2D eigenvalue weighted by atomic mass is 32.2. The van der Waals surface area contributed by atoms with E-state index in [0.717, 1.165) is 12.8 Å². The molecule has 3 rings (SSSR count). The highest BCUT2D eigenvalue weighted by Crippen LogP contribution is 2.23. The van der Waals surface area contributed by atoms with Crippen molar-refractivity contribution in [1.82, 2.24) is 4.31 Å². The van der Waals surface area contributed by atoms with E-state index in [9.17, 15) is 18.0 Å². The van der Waals surface area contributed by atoms with Crippen molar-refractivity contribution in [3.05, 3.63) is 47.4 Å². The van der Waals surface area contributed by atoms with Gasteiger partial charge in [0.05, 0.1) is 10.5 Å². The van der Waals surface area contributed by atoms with E-state index in [-0.39, 0.29) is 23.0 Å². The maximum absolute atomic E-state index is 12.6. The van der Waals surface area contributed by atoms with Crippen LogP contribution in [0.15, 0.2) is 39.6 Å². The number of hydrogen-bond donors (Lipinski definition) is 1. The van der Waals surface area contributed by atoms with Crippen LogP contribution in [0.25, 0.3) is 0 Å². The normalized spacial score (nSPS) is 14.9. The number of carbonyl (C=O) groups excluding carboxylic acids is 2. The predicted octanol–water partition coefficient (Wildman–Crippen LogP) is 3.15. The molecule has 0 unspecified atom stereocenters. The van der Waals surface area contributed by atoms with Crippen molar-refractivity contribution < 1.29 is 22.4 Å². The number of rotatable bonds is 7. The number of benzene rings is 1. The fourth-order valence-electron chi connectivity index (χ4n) is 3.29. The van der Waals surface area contributed by atoms with E-state index in [0.29, 0.717) is 42.3 Å². The number of nitrogens with one attached hydrogen (secondary N) is 1. The number of Topliss-reactive ketones (excluding diaryl/α,β-unsaturated/α-hetero) is 1. The molecule has 0 bridgehead atoms. The molecule has 0 aliphatic carbocycles. The summed E-state index contributed by atoms with van der Waals surface area (Å²) in [6, 6.07) is 7.96. The van der Waals surface area contributed by atoms with Crippen LogP contribution < -0.4 is 5.32 Å². The third kappa shape index (κ3) is 4.51. The van der Waals surface area contributed by atoms with Crippen LogP contribution in [0.5, 0.6) is 0 Å². The van der Waals surface area contributed by atoms with Gasteiger partial charge in [-0.2, -0.15) is 4.31 Å². The van der Waals surface area contributed by atoms with Gasteiger partial charge in [-0.05, 0) is 51.0 Å². The first-order chi connectivity index (χ1) is 13.3. The number of aryl methyl sites for hydroxylation is 2. The van der Waals surface area contributed by atoms with Gasteiger partial charge < -0.3 is 9.73 Å². The van der Waals surface area contributed by atoms with Gasteiger partial charge in [0.25, 0.3) is 0 Å². The van der Waals surface area contributed by atoms with Crippen LogP contribution in [0.1, 0.15) is 48.1 Å². The van der Waals surface area contributed by atoms with Gasteiger partial charge in [-0.15, -0.1) is 0 Å².